The molecule has 0 spiro atoms. The van der Waals surface area contributed by atoms with E-state index in [1.807, 2.05) is 0 Å². The second-order valence-corrected chi connectivity index (χ2v) is 4.85. The minimum Gasteiger partial charge on any atom is -0.0885 e. The third-order valence-electron chi connectivity index (χ3n) is 2.19. The van der Waals surface area contributed by atoms with Gasteiger partial charge in [-0.25, -0.2) is 0 Å². The zero-order valence-corrected chi connectivity index (χ0v) is 9.27. The van der Waals surface area contributed by atoms with Crippen molar-refractivity contribution in [3.05, 3.63) is 0 Å². The highest BCUT2D eigenvalue weighted by Crippen LogP contribution is 2.26. The maximum atomic E-state index is 3.71. The first-order chi connectivity index (χ1) is 4.46. The Balaban J connectivity index is 3.81. The van der Waals surface area contributed by atoms with Gasteiger partial charge in [0.15, 0.2) is 0 Å². The molecular formula is C9H19Br. The molecule has 0 saturated heterocycles. The van der Waals surface area contributed by atoms with Crippen molar-refractivity contribution < 1.29 is 0 Å². The minimum absolute atomic E-state index is 0.674. The Morgan fingerprint density at radius 1 is 0.800 bits per heavy atom. The molecule has 0 aromatic rings. The standard InChI is InChI=1S/C9H19Br/c1-6(2)8(5)9(10)7(3)4/h6-9H,1-5H3/t8-,9-/m1/s1. The number of hydrogen-bond donors (Lipinski definition) is 0. The Labute approximate surface area is 73.5 Å². The normalized spacial score (nSPS) is 18.0. The van der Waals surface area contributed by atoms with E-state index in [0.717, 1.165) is 17.8 Å². The van der Waals surface area contributed by atoms with Crippen LogP contribution in [0.4, 0.5) is 0 Å². The molecule has 0 fully saturated rings. The molecular weight excluding hydrogens is 188 g/mol. The summed E-state index contributed by atoms with van der Waals surface area (Å²) in [4.78, 5) is 0.674. The van der Waals surface area contributed by atoms with E-state index >= 15 is 0 Å². The summed E-state index contributed by atoms with van der Waals surface area (Å²) in [5.74, 6) is 2.31. The lowest BCUT2D eigenvalue weighted by Gasteiger charge is -2.24. The van der Waals surface area contributed by atoms with E-state index < -0.39 is 0 Å². The van der Waals surface area contributed by atoms with Gasteiger partial charge in [0.25, 0.3) is 0 Å². The molecule has 0 saturated carbocycles. The van der Waals surface area contributed by atoms with Crippen LogP contribution in [0, 0.1) is 17.8 Å². The number of alkyl halides is 1. The monoisotopic (exact) mass is 206 g/mol. The predicted molar refractivity (Wildman–Crippen MR) is 51.6 cm³/mol. The van der Waals surface area contributed by atoms with Gasteiger partial charge in [0.1, 0.15) is 0 Å². The lowest BCUT2D eigenvalue weighted by atomic mass is 9.89. The highest BCUT2D eigenvalue weighted by Gasteiger charge is 2.19. The van der Waals surface area contributed by atoms with Crippen LogP contribution in [-0.4, -0.2) is 4.83 Å². The van der Waals surface area contributed by atoms with E-state index in [9.17, 15) is 0 Å². The third kappa shape index (κ3) is 3.05. The Hall–Kier alpha value is 0.480. The van der Waals surface area contributed by atoms with Gasteiger partial charge in [-0.1, -0.05) is 50.5 Å². The van der Waals surface area contributed by atoms with Crippen molar-refractivity contribution in [1.82, 2.24) is 0 Å². The first kappa shape index (κ1) is 10.5. The average molecular weight is 207 g/mol. The summed E-state index contributed by atoms with van der Waals surface area (Å²) >= 11 is 3.71. The van der Waals surface area contributed by atoms with Crippen LogP contribution in [0.3, 0.4) is 0 Å². The molecule has 1 heteroatoms. The molecule has 0 radical (unpaired) electrons. The first-order valence-corrected chi connectivity index (χ1v) is 5.02. The van der Waals surface area contributed by atoms with Crippen LogP contribution < -0.4 is 0 Å². The molecule has 0 nitrogen and oxygen atoms in total. The molecule has 0 aromatic heterocycles. The second kappa shape index (κ2) is 4.38. The van der Waals surface area contributed by atoms with Crippen LogP contribution in [0.15, 0.2) is 0 Å². The highest BCUT2D eigenvalue weighted by atomic mass is 79.9. The topological polar surface area (TPSA) is 0 Å². The molecule has 0 heterocycles. The van der Waals surface area contributed by atoms with Gasteiger partial charge in [-0.3, -0.25) is 0 Å². The molecule has 62 valence electrons. The van der Waals surface area contributed by atoms with Gasteiger partial charge in [-0.05, 0) is 17.8 Å². The summed E-state index contributed by atoms with van der Waals surface area (Å²) in [6, 6.07) is 0. The quantitative estimate of drug-likeness (QED) is 0.619. The van der Waals surface area contributed by atoms with Crippen molar-refractivity contribution in [3.8, 4) is 0 Å². The van der Waals surface area contributed by atoms with Gasteiger partial charge >= 0.3 is 0 Å². The van der Waals surface area contributed by atoms with E-state index in [4.69, 9.17) is 0 Å². The molecule has 2 atom stereocenters. The van der Waals surface area contributed by atoms with Crippen molar-refractivity contribution in [2.75, 3.05) is 0 Å². The first-order valence-electron chi connectivity index (χ1n) is 4.10. The third-order valence-corrected chi connectivity index (χ3v) is 4.08. The molecule has 0 aliphatic carbocycles. The highest BCUT2D eigenvalue weighted by molar-refractivity contribution is 9.09. The fourth-order valence-corrected chi connectivity index (χ4v) is 1.59. The lowest BCUT2D eigenvalue weighted by Crippen LogP contribution is -2.21. The number of halogens is 1. The number of hydrogen-bond acceptors (Lipinski definition) is 0. The fourth-order valence-electron chi connectivity index (χ4n) is 0.975. The van der Waals surface area contributed by atoms with E-state index in [-0.39, 0.29) is 0 Å². The molecule has 0 aliphatic heterocycles. The molecule has 10 heavy (non-hydrogen) atoms. The van der Waals surface area contributed by atoms with Gasteiger partial charge in [-0.2, -0.15) is 0 Å². The maximum Gasteiger partial charge on any atom is 0.0196 e. The van der Waals surface area contributed by atoms with Crippen molar-refractivity contribution in [3.63, 3.8) is 0 Å². The zero-order chi connectivity index (χ0) is 8.31. The molecule has 0 rings (SSSR count). The van der Waals surface area contributed by atoms with E-state index in [1.165, 1.54) is 0 Å². The summed E-state index contributed by atoms with van der Waals surface area (Å²) < 4.78 is 0. The van der Waals surface area contributed by atoms with Crippen molar-refractivity contribution in [2.24, 2.45) is 17.8 Å². The Bertz CT molecular complexity index is 74.7. The van der Waals surface area contributed by atoms with E-state index in [2.05, 4.69) is 50.5 Å². The molecule has 0 bridgehead atoms. The largest absolute Gasteiger partial charge is 0.0885 e. The molecule has 0 aliphatic rings. The van der Waals surface area contributed by atoms with Crippen LogP contribution >= 0.6 is 15.9 Å². The Kier molecular flexibility index (Phi) is 4.59. The van der Waals surface area contributed by atoms with Gasteiger partial charge in [0.05, 0.1) is 0 Å². The summed E-state index contributed by atoms with van der Waals surface area (Å²) in [5, 5.41) is 0. The summed E-state index contributed by atoms with van der Waals surface area (Å²) in [7, 11) is 0. The minimum atomic E-state index is 0.674. The second-order valence-electron chi connectivity index (χ2n) is 3.79. The fraction of sp³-hybridized carbons (Fsp3) is 1.00. The summed E-state index contributed by atoms with van der Waals surface area (Å²) in [6.45, 7) is 11.4. The smallest absolute Gasteiger partial charge is 0.0196 e. The number of rotatable bonds is 3. The van der Waals surface area contributed by atoms with Crippen LogP contribution in [-0.2, 0) is 0 Å². The molecule has 0 aromatic carbocycles. The molecule has 0 N–H and O–H groups in total. The SMILES string of the molecule is CC(C)[C@@H](C)[C@H](Br)C(C)C. The van der Waals surface area contributed by atoms with Gasteiger partial charge in [0, 0.05) is 4.83 Å². The van der Waals surface area contributed by atoms with Crippen LogP contribution in [0.1, 0.15) is 34.6 Å². The van der Waals surface area contributed by atoms with Gasteiger partial charge in [0.2, 0.25) is 0 Å². The van der Waals surface area contributed by atoms with Crippen molar-refractivity contribution >= 4 is 15.9 Å². The van der Waals surface area contributed by atoms with Gasteiger partial charge in [-0.15, -0.1) is 0 Å². The van der Waals surface area contributed by atoms with Crippen molar-refractivity contribution in [1.29, 1.82) is 0 Å². The summed E-state index contributed by atoms with van der Waals surface area (Å²) in [5.41, 5.74) is 0. The maximum absolute atomic E-state index is 3.71. The van der Waals surface area contributed by atoms with Gasteiger partial charge < -0.3 is 0 Å². The zero-order valence-electron chi connectivity index (χ0n) is 7.69. The Morgan fingerprint density at radius 3 is 1.30 bits per heavy atom. The average Bonchev–Trinajstić information content (AvgIpc) is 1.84. The molecule has 0 amide bonds. The van der Waals surface area contributed by atoms with E-state index in [1.54, 1.807) is 0 Å². The Morgan fingerprint density at radius 2 is 1.20 bits per heavy atom. The van der Waals surface area contributed by atoms with Crippen molar-refractivity contribution in [2.45, 2.75) is 39.4 Å². The molecule has 0 unspecified atom stereocenters. The summed E-state index contributed by atoms with van der Waals surface area (Å²) in [6.07, 6.45) is 0. The van der Waals surface area contributed by atoms with E-state index in [0.29, 0.717) is 4.83 Å². The lowest BCUT2D eigenvalue weighted by molar-refractivity contribution is 0.362. The van der Waals surface area contributed by atoms with Crippen LogP contribution in [0.2, 0.25) is 0 Å². The van der Waals surface area contributed by atoms with Crippen LogP contribution in [0.25, 0.3) is 0 Å². The predicted octanol–water partition coefficient (Wildman–Crippen LogP) is 3.70. The van der Waals surface area contributed by atoms with Crippen LogP contribution in [0.5, 0.6) is 0 Å².